The number of hydrogen-bond donors (Lipinski definition) is 6. The number of carbonyl (C=O) groups is 3. The summed E-state index contributed by atoms with van der Waals surface area (Å²) in [5.74, 6) is -0.927. The quantitative estimate of drug-likeness (QED) is 0.0453. The third-order valence-electron chi connectivity index (χ3n) is 12.5. The van der Waals surface area contributed by atoms with Gasteiger partial charge in [0.1, 0.15) is 6.04 Å². The highest BCUT2D eigenvalue weighted by molar-refractivity contribution is 7.80. The highest BCUT2D eigenvalue weighted by Gasteiger charge is 2.32. The molecule has 0 radical (unpaired) electrons. The third kappa shape index (κ3) is 14.2. The van der Waals surface area contributed by atoms with Gasteiger partial charge in [-0.1, -0.05) is 117 Å². The van der Waals surface area contributed by atoms with Gasteiger partial charge in [-0.15, -0.1) is 0 Å². The predicted molar refractivity (Wildman–Crippen MR) is 248 cm³/mol. The topological polar surface area (TPSA) is 144 Å². The van der Waals surface area contributed by atoms with Crippen molar-refractivity contribution in [2.24, 2.45) is 11.8 Å². The predicted octanol–water partition coefficient (Wildman–Crippen LogP) is 5.80. The van der Waals surface area contributed by atoms with Crippen molar-refractivity contribution in [1.29, 1.82) is 0 Å². The summed E-state index contributed by atoms with van der Waals surface area (Å²) in [6, 6.07) is 27.4. The summed E-state index contributed by atoms with van der Waals surface area (Å²) in [7, 11) is 1.77. The van der Waals surface area contributed by atoms with Crippen LogP contribution in [-0.4, -0.2) is 104 Å². The van der Waals surface area contributed by atoms with Crippen LogP contribution >= 0.6 is 12.2 Å². The minimum Gasteiger partial charge on any atom is -0.390 e. The molecule has 6 rings (SSSR count). The van der Waals surface area contributed by atoms with Crippen LogP contribution in [0.1, 0.15) is 75.3 Å². The molecule has 1 aliphatic heterocycles. The van der Waals surface area contributed by atoms with Crippen molar-refractivity contribution in [3.05, 3.63) is 96.1 Å². The first-order chi connectivity index (χ1) is 29.8. The summed E-state index contributed by atoms with van der Waals surface area (Å²) >= 11 is 5.27. The molecule has 4 aromatic carbocycles. The van der Waals surface area contributed by atoms with E-state index in [0.29, 0.717) is 76.0 Å². The number of fused-ring (bicyclic) bond motifs is 2. The van der Waals surface area contributed by atoms with E-state index in [1.54, 1.807) is 7.05 Å². The molecule has 6 N–H and O–H groups in total. The average Bonchev–Trinajstić information content (AvgIpc) is 3.28. The number of ether oxygens (including phenoxy) is 1. The zero-order chi connectivity index (χ0) is 42.8. The van der Waals surface area contributed by atoms with Crippen LogP contribution in [0, 0.1) is 11.8 Å². The number of morpholine rings is 1. The van der Waals surface area contributed by atoms with Crippen LogP contribution in [0.15, 0.2) is 84.9 Å². The molecular formula is C49H66N6O5S. The van der Waals surface area contributed by atoms with Crippen molar-refractivity contribution < 1.29 is 24.2 Å². The Hall–Kier alpha value is -4.62. The van der Waals surface area contributed by atoms with Crippen LogP contribution in [0.4, 0.5) is 0 Å². The number of hydrogen-bond acceptors (Lipinski definition) is 7. The van der Waals surface area contributed by atoms with E-state index in [9.17, 15) is 19.5 Å². The molecule has 2 aliphatic rings. The lowest BCUT2D eigenvalue weighted by Gasteiger charge is -2.32. The summed E-state index contributed by atoms with van der Waals surface area (Å²) in [4.78, 5) is 44.8. The van der Waals surface area contributed by atoms with Crippen molar-refractivity contribution >= 4 is 56.6 Å². The number of benzene rings is 4. The Morgan fingerprint density at radius 3 is 2.03 bits per heavy atom. The van der Waals surface area contributed by atoms with Crippen LogP contribution in [0.25, 0.3) is 21.5 Å². The molecule has 11 nitrogen and oxygen atoms in total. The van der Waals surface area contributed by atoms with Gasteiger partial charge < -0.3 is 36.4 Å². The fraction of sp³-hybridized carbons (Fsp3) is 0.510. The minimum atomic E-state index is -1.08. The van der Waals surface area contributed by atoms with Crippen LogP contribution in [0.5, 0.6) is 0 Å². The number of aliphatic hydroxyl groups excluding tert-OH is 1. The average molecular weight is 851 g/mol. The van der Waals surface area contributed by atoms with E-state index in [0.717, 1.165) is 77.9 Å². The molecule has 1 saturated carbocycles. The number of nitrogens with zero attached hydrogens (tertiary/aromatic N) is 1. The molecule has 2 fully saturated rings. The Kier molecular flexibility index (Phi) is 18.2. The molecule has 1 aliphatic carbocycles. The maximum atomic E-state index is 14.8. The Labute approximate surface area is 367 Å². The second kappa shape index (κ2) is 24.1. The van der Waals surface area contributed by atoms with Crippen LogP contribution in [0.2, 0.25) is 0 Å². The fourth-order valence-corrected chi connectivity index (χ4v) is 9.11. The van der Waals surface area contributed by atoms with E-state index < -0.39 is 24.1 Å². The van der Waals surface area contributed by atoms with Crippen molar-refractivity contribution in [3.8, 4) is 0 Å². The number of amides is 3. The number of rotatable bonds is 21. The zero-order valence-electron chi connectivity index (χ0n) is 35.8. The fourth-order valence-electron chi connectivity index (χ4n) is 9.01. The first kappa shape index (κ1) is 45.9. The lowest BCUT2D eigenvalue weighted by atomic mass is 9.83. The molecular weight excluding hydrogens is 785 g/mol. The summed E-state index contributed by atoms with van der Waals surface area (Å²) < 4.78 is 5.44. The van der Waals surface area contributed by atoms with Crippen molar-refractivity contribution in [2.75, 3.05) is 53.0 Å². The van der Waals surface area contributed by atoms with Crippen molar-refractivity contribution in [1.82, 2.24) is 31.5 Å². The molecule has 0 bridgehead atoms. The molecule has 3 amide bonds. The number of aliphatic hydroxyl groups is 1. The smallest absolute Gasteiger partial charge is 0.242 e. The number of nitrogens with one attached hydrogen (secondary N) is 5. The second-order valence-corrected chi connectivity index (χ2v) is 17.3. The van der Waals surface area contributed by atoms with Crippen molar-refractivity contribution in [2.45, 2.75) is 95.2 Å². The van der Waals surface area contributed by atoms with Crippen LogP contribution < -0.4 is 26.6 Å². The SMILES string of the molecule is CNC(=S)NCCCC[C@H](NC(=O)C(Cc1cccc2ccccc12)Cc1cccc2ccccc12)C(=O)N[C@@H](CC1CCCCC1)[C@@H](O)CC(=O)NCCN1CCOCC1. The normalized spacial score (nSPS) is 16.4. The summed E-state index contributed by atoms with van der Waals surface area (Å²) in [5.41, 5.74) is 2.15. The molecule has 61 heavy (non-hydrogen) atoms. The standard InChI is InChI=1S/C49H66N6O5S/c1-50-49(61)52-24-10-9-23-43(48(59)54-44(31-35-13-3-2-4-14-35)45(56)34-46(57)51-25-26-55-27-29-60-30-28-55)53-47(58)40(32-38-19-11-17-36-15-5-7-21-41(36)38)33-39-20-12-18-37-16-6-8-22-42(37)39/h5-8,11-12,15-22,35,40,43-45,56H,2-4,9-10,13-14,23-34H2,1H3,(H,51,57)(H,53,58)(H,54,59)(H2,50,52,61)/t43-,44-,45-/m0/s1. The Bertz CT molecular complexity index is 1940. The minimum absolute atomic E-state index is 0.118. The molecule has 0 aromatic heterocycles. The van der Waals surface area contributed by atoms with Gasteiger partial charge in [0.25, 0.3) is 0 Å². The summed E-state index contributed by atoms with van der Waals surface area (Å²) in [5, 5.41) is 32.1. The van der Waals surface area contributed by atoms with E-state index in [1.807, 2.05) is 36.4 Å². The summed E-state index contributed by atoms with van der Waals surface area (Å²) in [6.45, 7) is 4.85. The largest absolute Gasteiger partial charge is 0.390 e. The Morgan fingerprint density at radius 2 is 1.39 bits per heavy atom. The lowest BCUT2D eigenvalue weighted by molar-refractivity contribution is -0.132. The van der Waals surface area contributed by atoms with E-state index >= 15 is 0 Å². The molecule has 328 valence electrons. The molecule has 1 heterocycles. The molecule has 0 unspecified atom stereocenters. The first-order valence-corrected chi connectivity index (χ1v) is 22.9. The van der Waals surface area contributed by atoms with Gasteiger partial charge in [0.2, 0.25) is 17.7 Å². The zero-order valence-corrected chi connectivity index (χ0v) is 36.7. The van der Waals surface area contributed by atoms with Gasteiger partial charge in [0.05, 0.1) is 31.8 Å². The van der Waals surface area contributed by atoms with Gasteiger partial charge in [-0.25, -0.2) is 0 Å². The highest BCUT2D eigenvalue weighted by Crippen LogP contribution is 2.29. The lowest BCUT2D eigenvalue weighted by Crippen LogP contribution is -2.54. The summed E-state index contributed by atoms with van der Waals surface area (Å²) in [6.07, 6.45) is 7.58. The van der Waals surface area contributed by atoms with Gasteiger partial charge in [-0.3, -0.25) is 19.3 Å². The second-order valence-electron chi connectivity index (χ2n) is 16.9. The van der Waals surface area contributed by atoms with Crippen LogP contribution in [-0.2, 0) is 32.0 Å². The molecule has 1 saturated heterocycles. The maximum Gasteiger partial charge on any atom is 0.242 e. The third-order valence-corrected chi connectivity index (χ3v) is 12.8. The van der Waals surface area contributed by atoms with Gasteiger partial charge >= 0.3 is 0 Å². The van der Waals surface area contributed by atoms with E-state index in [2.05, 4.69) is 80.0 Å². The first-order valence-electron chi connectivity index (χ1n) is 22.5. The number of unbranched alkanes of at least 4 members (excludes halogenated alkanes) is 1. The molecule has 0 spiro atoms. The molecule has 4 aromatic rings. The van der Waals surface area contributed by atoms with Gasteiger partial charge in [-0.2, -0.15) is 0 Å². The van der Waals surface area contributed by atoms with E-state index in [-0.39, 0.29) is 24.1 Å². The number of thiocarbonyl (C=S) groups is 1. The highest BCUT2D eigenvalue weighted by atomic mass is 32.1. The van der Waals surface area contributed by atoms with Gasteiger partial charge in [0.15, 0.2) is 5.11 Å². The van der Waals surface area contributed by atoms with E-state index in [1.165, 1.54) is 6.42 Å². The maximum absolute atomic E-state index is 14.8. The Morgan fingerprint density at radius 1 is 0.770 bits per heavy atom. The number of carbonyl (C=O) groups excluding carboxylic acids is 3. The Balaban J connectivity index is 1.21. The van der Waals surface area contributed by atoms with Crippen molar-refractivity contribution in [3.63, 3.8) is 0 Å². The van der Waals surface area contributed by atoms with Gasteiger partial charge in [0, 0.05) is 45.7 Å². The monoisotopic (exact) mass is 850 g/mol. The molecule has 12 heteroatoms. The molecule has 3 atom stereocenters. The van der Waals surface area contributed by atoms with Crippen LogP contribution in [0.3, 0.4) is 0 Å². The van der Waals surface area contributed by atoms with E-state index in [4.69, 9.17) is 17.0 Å². The van der Waals surface area contributed by atoms with Gasteiger partial charge in [-0.05, 0) is 89.3 Å².